The highest BCUT2D eigenvalue weighted by Crippen LogP contribution is 2.29. The third-order valence-electron chi connectivity index (χ3n) is 3.20. The van der Waals surface area contributed by atoms with Gasteiger partial charge in [0.2, 0.25) is 9.84 Å². The van der Waals surface area contributed by atoms with Crippen molar-refractivity contribution in [3.05, 3.63) is 36.4 Å². The molecule has 9 heteroatoms. The zero-order valence-corrected chi connectivity index (χ0v) is 11.3. The van der Waals surface area contributed by atoms with Gasteiger partial charge in [-0.25, -0.2) is 8.42 Å². The molecule has 0 aliphatic carbocycles. The number of hydrogen-bond acceptors (Lipinski definition) is 6. The molecular formula is C12H8N6O2S. The molecule has 4 rings (SSSR count). The number of sulfone groups is 1. The van der Waals surface area contributed by atoms with Gasteiger partial charge in [-0.1, -0.05) is 12.1 Å². The van der Waals surface area contributed by atoms with Crippen molar-refractivity contribution < 1.29 is 8.42 Å². The van der Waals surface area contributed by atoms with E-state index >= 15 is 0 Å². The van der Waals surface area contributed by atoms with Crippen molar-refractivity contribution in [2.75, 3.05) is 0 Å². The normalized spacial score (nSPS) is 12.2. The lowest BCUT2D eigenvalue weighted by molar-refractivity contribution is 0.597. The molecule has 8 nitrogen and oxygen atoms in total. The van der Waals surface area contributed by atoms with E-state index in [-0.39, 0.29) is 9.79 Å². The molecular weight excluding hydrogens is 292 g/mol. The number of H-pyrrole nitrogens is 2. The Morgan fingerprint density at radius 1 is 0.714 bits per heavy atom. The summed E-state index contributed by atoms with van der Waals surface area (Å²) < 4.78 is 25.8. The number of nitrogens with zero attached hydrogens (tertiary/aromatic N) is 4. The number of hydrogen-bond donors (Lipinski definition) is 2. The van der Waals surface area contributed by atoms with Crippen LogP contribution in [0, 0.1) is 0 Å². The first kappa shape index (κ1) is 12.0. The third kappa shape index (κ3) is 1.64. The summed E-state index contributed by atoms with van der Waals surface area (Å²) in [7, 11) is -3.78. The molecule has 0 amide bonds. The van der Waals surface area contributed by atoms with E-state index in [4.69, 9.17) is 0 Å². The molecule has 0 bridgehead atoms. The van der Waals surface area contributed by atoms with E-state index in [9.17, 15) is 8.42 Å². The summed E-state index contributed by atoms with van der Waals surface area (Å²) in [5, 5.41) is 20.5. The maximum Gasteiger partial charge on any atom is 0.211 e. The van der Waals surface area contributed by atoms with E-state index in [0.29, 0.717) is 22.1 Å². The quantitative estimate of drug-likeness (QED) is 0.571. The maximum absolute atomic E-state index is 12.9. The van der Waals surface area contributed by atoms with Gasteiger partial charge in [0.15, 0.2) is 0 Å². The Labute approximate surface area is 118 Å². The fourth-order valence-corrected chi connectivity index (χ4v) is 3.80. The van der Waals surface area contributed by atoms with Gasteiger partial charge in [0, 0.05) is 0 Å². The van der Waals surface area contributed by atoms with E-state index in [2.05, 4.69) is 30.8 Å². The molecule has 0 aliphatic rings. The first-order valence-corrected chi connectivity index (χ1v) is 7.50. The Kier molecular flexibility index (Phi) is 2.33. The van der Waals surface area contributed by atoms with Crippen LogP contribution in [0.3, 0.4) is 0 Å². The SMILES string of the molecule is O=S(=O)(c1cccc2n[nH]nc12)c1cccc2n[nH]nc12. The fraction of sp³-hybridized carbons (Fsp3) is 0. The van der Waals surface area contributed by atoms with E-state index in [1.54, 1.807) is 24.3 Å². The molecule has 0 saturated carbocycles. The Morgan fingerprint density at radius 3 is 1.67 bits per heavy atom. The zero-order chi connectivity index (χ0) is 14.4. The van der Waals surface area contributed by atoms with Crippen LogP contribution < -0.4 is 0 Å². The van der Waals surface area contributed by atoms with Gasteiger partial charge >= 0.3 is 0 Å². The van der Waals surface area contributed by atoms with Gasteiger partial charge in [0.1, 0.15) is 31.9 Å². The number of rotatable bonds is 2. The number of aromatic amines is 2. The monoisotopic (exact) mass is 300 g/mol. The van der Waals surface area contributed by atoms with Crippen LogP contribution in [0.5, 0.6) is 0 Å². The van der Waals surface area contributed by atoms with Crippen LogP contribution in [0.4, 0.5) is 0 Å². The third-order valence-corrected chi connectivity index (χ3v) is 5.02. The minimum Gasteiger partial charge on any atom is -0.218 e. The summed E-state index contributed by atoms with van der Waals surface area (Å²) in [6.07, 6.45) is 0. The summed E-state index contributed by atoms with van der Waals surface area (Å²) in [5.74, 6) is 0. The van der Waals surface area contributed by atoms with Gasteiger partial charge in [-0.05, 0) is 24.3 Å². The lowest BCUT2D eigenvalue weighted by atomic mass is 10.3. The topological polar surface area (TPSA) is 117 Å². The molecule has 0 atom stereocenters. The van der Waals surface area contributed by atoms with Crippen molar-refractivity contribution in [2.24, 2.45) is 0 Å². The second-order valence-corrected chi connectivity index (χ2v) is 6.28. The van der Waals surface area contributed by atoms with Gasteiger partial charge in [-0.3, -0.25) is 0 Å². The van der Waals surface area contributed by atoms with Gasteiger partial charge in [0.05, 0.1) is 0 Å². The number of aromatic nitrogens is 6. The molecule has 4 aromatic rings. The Hall–Kier alpha value is -2.81. The average molecular weight is 300 g/mol. The van der Waals surface area contributed by atoms with E-state index in [0.717, 1.165) is 0 Å². The van der Waals surface area contributed by atoms with Gasteiger partial charge < -0.3 is 0 Å². The molecule has 2 N–H and O–H groups in total. The standard InChI is InChI=1S/C12H8N6O2S/c19-21(20,9-5-1-3-7-11(9)15-17-13-7)10-6-2-4-8-12(10)16-18-14-8/h1-6H,(H,13,15,17)(H,14,16,18). The fourth-order valence-electron chi connectivity index (χ4n) is 2.24. The van der Waals surface area contributed by atoms with Gasteiger partial charge in [-0.15, -0.1) is 0 Å². The van der Waals surface area contributed by atoms with Crippen molar-refractivity contribution in [1.29, 1.82) is 0 Å². The van der Waals surface area contributed by atoms with Crippen LogP contribution in [0.25, 0.3) is 22.1 Å². The first-order chi connectivity index (χ1) is 10.2. The van der Waals surface area contributed by atoms with E-state index in [1.807, 2.05) is 0 Å². The zero-order valence-electron chi connectivity index (χ0n) is 10.5. The molecule has 2 aromatic carbocycles. The van der Waals surface area contributed by atoms with Gasteiger partial charge in [-0.2, -0.15) is 30.8 Å². The van der Waals surface area contributed by atoms with Crippen LogP contribution in [-0.4, -0.2) is 39.2 Å². The maximum atomic E-state index is 12.9. The smallest absolute Gasteiger partial charge is 0.211 e. The van der Waals surface area contributed by atoms with Crippen molar-refractivity contribution >= 4 is 31.9 Å². The molecule has 0 aliphatic heterocycles. The van der Waals surface area contributed by atoms with Crippen molar-refractivity contribution in [3.63, 3.8) is 0 Å². The van der Waals surface area contributed by atoms with E-state index < -0.39 is 9.84 Å². The summed E-state index contributed by atoms with van der Waals surface area (Å²) in [5.41, 5.74) is 1.59. The Bertz CT molecular complexity index is 985. The van der Waals surface area contributed by atoms with Crippen LogP contribution >= 0.6 is 0 Å². The van der Waals surface area contributed by atoms with Crippen molar-refractivity contribution in [1.82, 2.24) is 30.8 Å². The number of benzene rings is 2. The van der Waals surface area contributed by atoms with Crippen LogP contribution in [0.2, 0.25) is 0 Å². The minimum atomic E-state index is -3.78. The first-order valence-electron chi connectivity index (χ1n) is 6.02. The Morgan fingerprint density at radius 2 is 1.19 bits per heavy atom. The van der Waals surface area contributed by atoms with Gasteiger partial charge in [0.25, 0.3) is 0 Å². The summed E-state index contributed by atoms with van der Waals surface area (Å²) in [4.78, 5) is 0.175. The lowest BCUT2D eigenvalue weighted by Crippen LogP contribution is -2.04. The van der Waals surface area contributed by atoms with Crippen LogP contribution in [0.15, 0.2) is 46.2 Å². The van der Waals surface area contributed by atoms with Crippen LogP contribution in [0.1, 0.15) is 0 Å². The number of fused-ring (bicyclic) bond motifs is 2. The lowest BCUT2D eigenvalue weighted by Gasteiger charge is -2.05. The minimum absolute atomic E-state index is 0.0873. The largest absolute Gasteiger partial charge is 0.218 e. The highest BCUT2D eigenvalue weighted by molar-refractivity contribution is 7.92. The average Bonchev–Trinajstić information content (AvgIpc) is 3.14. The molecule has 0 saturated heterocycles. The molecule has 21 heavy (non-hydrogen) atoms. The number of para-hydroxylation sites is 2. The highest BCUT2D eigenvalue weighted by atomic mass is 32.2. The van der Waals surface area contributed by atoms with Crippen molar-refractivity contribution in [2.45, 2.75) is 9.79 Å². The molecule has 0 unspecified atom stereocenters. The molecule has 2 heterocycles. The van der Waals surface area contributed by atoms with Crippen molar-refractivity contribution in [3.8, 4) is 0 Å². The summed E-state index contributed by atoms with van der Waals surface area (Å²) in [6.45, 7) is 0. The molecule has 0 spiro atoms. The predicted octanol–water partition coefficient (Wildman–Crippen LogP) is 1.06. The second kappa shape index (κ2) is 4.09. The Balaban J connectivity index is 2.07. The second-order valence-electron chi connectivity index (χ2n) is 4.40. The predicted molar refractivity (Wildman–Crippen MR) is 73.2 cm³/mol. The molecule has 104 valence electrons. The summed E-state index contributed by atoms with van der Waals surface area (Å²) in [6, 6.07) is 9.63. The molecule has 0 radical (unpaired) electrons. The highest BCUT2D eigenvalue weighted by Gasteiger charge is 2.25. The molecule has 0 fully saturated rings. The molecule has 2 aromatic heterocycles. The van der Waals surface area contributed by atoms with Crippen LogP contribution in [-0.2, 0) is 9.84 Å². The number of nitrogens with one attached hydrogen (secondary N) is 2. The summed E-state index contributed by atoms with van der Waals surface area (Å²) >= 11 is 0. The van der Waals surface area contributed by atoms with E-state index in [1.165, 1.54) is 12.1 Å².